The van der Waals surface area contributed by atoms with Crippen LogP contribution in [0, 0.1) is 0 Å². The van der Waals surface area contributed by atoms with Crippen LogP contribution in [0.1, 0.15) is 18.3 Å². The number of carbonyl (C=O) groups excluding carboxylic acids is 1. The average Bonchev–Trinajstić information content (AvgIpc) is 3.10. The van der Waals surface area contributed by atoms with Crippen LogP contribution in [0.25, 0.3) is 0 Å². The molecule has 0 aliphatic carbocycles. The van der Waals surface area contributed by atoms with E-state index >= 15 is 0 Å². The summed E-state index contributed by atoms with van der Waals surface area (Å²) in [7, 11) is 1.59. The fourth-order valence-corrected chi connectivity index (χ4v) is 3.99. The molecule has 3 aromatic rings. The normalized spacial score (nSPS) is 10.8. The molecule has 0 unspecified atom stereocenters. The lowest BCUT2D eigenvalue weighted by Crippen LogP contribution is -2.17. The molecular weight excluding hydrogens is 431 g/mol. The Kier molecular flexibility index (Phi) is 7.41. The monoisotopic (exact) mass is 450 g/mol. The number of ether oxygens (including phenoxy) is 1. The van der Waals surface area contributed by atoms with Crippen LogP contribution in [0.3, 0.4) is 0 Å². The van der Waals surface area contributed by atoms with E-state index in [1.807, 2.05) is 41.8 Å². The molecule has 0 spiro atoms. The first-order valence-electron chi connectivity index (χ1n) is 8.93. The van der Waals surface area contributed by atoms with E-state index in [2.05, 4.69) is 15.5 Å². The van der Waals surface area contributed by atoms with Gasteiger partial charge in [-0.3, -0.25) is 4.79 Å². The maximum Gasteiger partial charge on any atom is 0.232 e. The highest BCUT2D eigenvalue weighted by molar-refractivity contribution is 7.98. The van der Waals surface area contributed by atoms with Crippen LogP contribution in [0.4, 0.5) is 5.69 Å². The summed E-state index contributed by atoms with van der Waals surface area (Å²) in [5.41, 5.74) is 1.71. The van der Waals surface area contributed by atoms with Gasteiger partial charge < -0.3 is 14.6 Å². The number of hydrogen-bond donors (Lipinski definition) is 1. The van der Waals surface area contributed by atoms with Crippen LogP contribution >= 0.6 is 35.0 Å². The van der Waals surface area contributed by atoms with Gasteiger partial charge in [-0.25, -0.2) is 0 Å². The summed E-state index contributed by atoms with van der Waals surface area (Å²) in [4.78, 5) is 12.4. The van der Waals surface area contributed by atoms with E-state index in [9.17, 15) is 4.79 Å². The Morgan fingerprint density at radius 1 is 1.17 bits per heavy atom. The molecule has 6 nitrogen and oxygen atoms in total. The number of rotatable bonds is 8. The van der Waals surface area contributed by atoms with E-state index in [0.29, 0.717) is 39.6 Å². The Labute approximate surface area is 183 Å². The van der Waals surface area contributed by atoms with E-state index in [-0.39, 0.29) is 12.3 Å². The SMILES string of the molecule is CCn1c(CC(=O)Nc2cccc(OC)c2)nnc1SCc1ccc(Cl)c(Cl)c1. The molecule has 3 rings (SSSR count). The summed E-state index contributed by atoms with van der Waals surface area (Å²) >= 11 is 13.6. The minimum atomic E-state index is -0.165. The first-order valence-corrected chi connectivity index (χ1v) is 10.7. The Balaban J connectivity index is 1.65. The highest BCUT2D eigenvalue weighted by Crippen LogP contribution is 2.27. The molecule has 1 amide bonds. The number of hydrogen-bond acceptors (Lipinski definition) is 5. The van der Waals surface area contributed by atoms with Crippen molar-refractivity contribution in [1.29, 1.82) is 0 Å². The second-order valence-corrected chi connectivity index (χ2v) is 7.89. The zero-order chi connectivity index (χ0) is 20.8. The van der Waals surface area contributed by atoms with Crippen molar-refractivity contribution in [2.75, 3.05) is 12.4 Å². The third kappa shape index (κ3) is 5.65. The van der Waals surface area contributed by atoms with Gasteiger partial charge in [0.25, 0.3) is 0 Å². The van der Waals surface area contributed by atoms with Gasteiger partial charge in [-0.1, -0.05) is 47.1 Å². The summed E-state index contributed by atoms with van der Waals surface area (Å²) in [5, 5.41) is 13.1. The Hall–Kier alpha value is -2.22. The molecule has 0 bridgehead atoms. The number of anilines is 1. The second-order valence-electron chi connectivity index (χ2n) is 6.14. The number of benzene rings is 2. The minimum absolute atomic E-state index is 0.130. The van der Waals surface area contributed by atoms with Crippen molar-refractivity contribution in [3.8, 4) is 5.75 Å². The molecule has 0 atom stereocenters. The van der Waals surface area contributed by atoms with Crippen molar-refractivity contribution in [2.45, 2.75) is 30.8 Å². The van der Waals surface area contributed by atoms with Crippen molar-refractivity contribution in [3.05, 3.63) is 63.9 Å². The fraction of sp³-hybridized carbons (Fsp3) is 0.250. The van der Waals surface area contributed by atoms with Gasteiger partial charge in [-0.05, 0) is 36.8 Å². The molecule has 0 saturated heterocycles. The quantitative estimate of drug-likeness (QED) is 0.484. The first kappa shape index (κ1) is 21.5. The summed E-state index contributed by atoms with van der Waals surface area (Å²) in [6, 6.07) is 12.8. The molecule has 0 radical (unpaired) electrons. The molecule has 2 aromatic carbocycles. The van der Waals surface area contributed by atoms with Gasteiger partial charge in [0, 0.05) is 24.1 Å². The molecule has 1 heterocycles. The zero-order valence-electron chi connectivity index (χ0n) is 16.0. The number of carbonyl (C=O) groups is 1. The van der Waals surface area contributed by atoms with Crippen LogP contribution in [0.5, 0.6) is 5.75 Å². The third-order valence-corrected chi connectivity index (χ3v) is 5.91. The molecule has 152 valence electrons. The largest absolute Gasteiger partial charge is 0.497 e. The number of aromatic nitrogens is 3. The molecule has 9 heteroatoms. The molecule has 0 fully saturated rings. The van der Waals surface area contributed by atoms with Gasteiger partial charge in [0.15, 0.2) is 5.16 Å². The number of nitrogens with one attached hydrogen (secondary N) is 1. The second kappa shape index (κ2) is 10.0. The average molecular weight is 451 g/mol. The van der Waals surface area contributed by atoms with Crippen molar-refractivity contribution < 1.29 is 9.53 Å². The van der Waals surface area contributed by atoms with Crippen molar-refractivity contribution in [2.24, 2.45) is 0 Å². The predicted octanol–water partition coefficient (Wildman–Crippen LogP) is 5.09. The maximum atomic E-state index is 12.4. The molecular formula is C20H20Cl2N4O2S. The van der Waals surface area contributed by atoms with E-state index in [1.54, 1.807) is 19.2 Å². The molecule has 0 aliphatic rings. The van der Waals surface area contributed by atoms with Gasteiger partial charge in [0.1, 0.15) is 11.6 Å². The highest BCUT2D eigenvalue weighted by Gasteiger charge is 2.15. The molecule has 0 saturated carbocycles. The van der Waals surface area contributed by atoms with Crippen LogP contribution in [-0.2, 0) is 23.5 Å². The first-order chi connectivity index (χ1) is 14.0. The van der Waals surface area contributed by atoms with Crippen LogP contribution < -0.4 is 10.1 Å². The number of methoxy groups -OCH3 is 1. The lowest BCUT2D eigenvalue weighted by atomic mass is 10.2. The standard InChI is InChI=1S/C20H20Cl2N4O2S/c1-3-26-18(11-19(27)23-14-5-4-6-15(10-14)28-2)24-25-20(26)29-12-13-7-8-16(21)17(22)9-13/h4-10H,3,11-12H2,1-2H3,(H,23,27). The van der Waals surface area contributed by atoms with E-state index in [1.165, 1.54) is 11.8 Å². The van der Waals surface area contributed by atoms with E-state index < -0.39 is 0 Å². The van der Waals surface area contributed by atoms with Crippen LogP contribution in [-0.4, -0.2) is 27.8 Å². The van der Waals surface area contributed by atoms with Gasteiger partial charge in [0.05, 0.1) is 23.6 Å². The fourth-order valence-electron chi connectivity index (χ4n) is 2.70. The third-order valence-electron chi connectivity index (χ3n) is 4.13. The Bertz CT molecular complexity index is 1010. The molecule has 29 heavy (non-hydrogen) atoms. The highest BCUT2D eigenvalue weighted by atomic mass is 35.5. The van der Waals surface area contributed by atoms with E-state index in [0.717, 1.165) is 10.7 Å². The van der Waals surface area contributed by atoms with Gasteiger partial charge >= 0.3 is 0 Å². The predicted molar refractivity (Wildman–Crippen MR) is 117 cm³/mol. The zero-order valence-corrected chi connectivity index (χ0v) is 18.3. The summed E-state index contributed by atoms with van der Waals surface area (Å²) in [6.45, 7) is 2.66. The summed E-state index contributed by atoms with van der Waals surface area (Å²) in [6.07, 6.45) is 0.130. The maximum absolute atomic E-state index is 12.4. The van der Waals surface area contributed by atoms with Crippen LogP contribution in [0.2, 0.25) is 10.0 Å². The van der Waals surface area contributed by atoms with Crippen LogP contribution in [0.15, 0.2) is 47.6 Å². The van der Waals surface area contributed by atoms with Crippen molar-refractivity contribution in [3.63, 3.8) is 0 Å². The van der Waals surface area contributed by atoms with Gasteiger partial charge in [-0.2, -0.15) is 0 Å². The van der Waals surface area contributed by atoms with Crippen molar-refractivity contribution in [1.82, 2.24) is 14.8 Å². The molecule has 1 N–H and O–H groups in total. The topological polar surface area (TPSA) is 69.0 Å². The number of amides is 1. The molecule has 1 aromatic heterocycles. The van der Waals surface area contributed by atoms with Crippen molar-refractivity contribution >= 4 is 46.6 Å². The van der Waals surface area contributed by atoms with Gasteiger partial charge in [0.2, 0.25) is 5.91 Å². The van der Waals surface area contributed by atoms with Gasteiger partial charge in [-0.15, -0.1) is 10.2 Å². The number of nitrogens with zero attached hydrogens (tertiary/aromatic N) is 3. The lowest BCUT2D eigenvalue weighted by molar-refractivity contribution is -0.115. The summed E-state index contributed by atoms with van der Waals surface area (Å²) in [5.74, 6) is 1.80. The van der Waals surface area contributed by atoms with E-state index in [4.69, 9.17) is 27.9 Å². The smallest absolute Gasteiger partial charge is 0.232 e. The Morgan fingerprint density at radius 2 is 2.00 bits per heavy atom. The number of halogens is 2. The lowest BCUT2D eigenvalue weighted by Gasteiger charge is -2.09. The minimum Gasteiger partial charge on any atom is -0.497 e. The molecule has 0 aliphatic heterocycles. The Morgan fingerprint density at radius 3 is 2.72 bits per heavy atom. The number of thioether (sulfide) groups is 1. The summed E-state index contributed by atoms with van der Waals surface area (Å²) < 4.78 is 7.11.